The highest BCUT2D eigenvalue weighted by Gasteiger charge is 2.59. The SMILES string of the molecule is CC(C)(C)OC(=O)N1CCC[C@H](NC(=O)C23CC4CC(C2)C(O)C(C4)C3)C1.Cl.O=C(N[C@H]1CCCNC1)C12CC3CC(C1)C(O)C(C3)C2. The van der Waals surface area contributed by atoms with E-state index in [1.807, 2.05) is 20.8 Å². The monoisotopic (exact) mass is 692 g/mol. The third kappa shape index (κ3) is 7.24. The van der Waals surface area contributed by atoms with Crippen molar-refractivity contribution in [3.63, 3.8) is 0 Å². The highest BCUT2D eigenvalue weighted by Crippen LogP contribution is 2.61. The van der Waals surface area contributed by atoms with Crippen LogP contribution in [-0.4, -0.2) is 89.1 Å². The average molecular weight is 693 g/mol. The maximum absolute atomic E-state index is 13.2. The summed E-state index contributed by atoms with van der Waals surface area (Å²) < 4.78 is 5.49. The van der Waals surface area contributed by atoms with Crippen LogP contribution < -0.4 is 16.0 Å². The molecular formula is C37H61ClN4O6. The molecule has 2 saturated heterocycles. The molecular weight excluding hydrogens is 632 g/mol. The standard InChI is InChI=1S/C21H34N2O4.C16H26N2O2.ClH/c1-20(2,3)27-19(26)23-6-4-5-16(12-23)22-18(25)21-9-13-7-14(10-21)17(24)15(8-13)11-21;19-14-11-4-10-5-12(14)8-16(6-10,7-11)15(20)18-13-2-1-3-17-9-13;/h13-17,24H,4-12H2,1-3H3,(H,22,25);10-14,17,19H,1-9H2,(H,18,20);1H/t13?,14?,15?,16-,17?,21?;10?,11?,12?,13-,14?,16?;/m00./s1. The minimum Gasteiger partial charge on any atom is -0.444 e. The van der Waals surface area contributed by atoms with Gasteiger partial charge in [0.25, 0.3) is 0 Å². The van der Waals surface area contributed by atoms with Crippen molar-refractivity contribution in [3.8, 4) is 0 Å². The summed E-state index contributed by atoms with van der Waals surface area (Å²) in [5.41, 5.74) is -0.940. The van der Waals surface area contributed by atoms with Gasteiger partial charge in [0.15, 0.2) is 0 Å². The van der Waals surface area contributed by atoms with Gasteiger partial charge in [-0.05, 0) is 153 Å². The Morgan fingerprint density at radius 1 is 0.750 bits per heavy atom. The Bertz CT molecular complexity index is 1170. The van der Waals surface area contributed by atoms with Crippen molar-refractivity contribution in [1.29, 1.82) is 0 Å². The lowest BCUT2D eigenvalue weighted by molar-refractivity contribution is -0.164. The first kappa shape index (κ1) is 36.2. The number of aliphatic hydroxyl groups is 2. The molecule has 2 heterocycles. The molecule has 11 heteroatoms. The van der Waals surface area contributed by atoms with E-state index in [-0.39, 0.29) is 59.4 Å². The highest BCUT2D eigenvalue weighted by molar-refractivity contribution is 5.85. The van der Waals surface area contributed by atoms with Gasteiger partial charge in [0, 0.05) is 31.7 Å². The Morgan fingerprint density at radius 3 is 1.69 bits per heavy atom. The summed E-state index contributed by atoms with van der Waals surface area (Å²) in [6.07, 6.45) is 13.4. The zero-order valence-electron chi connectivity index (χ0n) is 29.4. The summed E-state index contributed by atoms with van der Waals surface area (Å²) in [6.45, 7) is 8.82. The smallest absolute Gasteiger partial charge is 0.410 e. The molecule has 8 aliphatic carbocycles. The summed E-state index contributed by atoms with van der Waals surface area (Å²) in [5, 5.41) is 30.7. The summed E-state index contributed by atoms with van der Waals surface area (Å²) in [6, 6.07) is 0.311. The number of hydrogen-bond donors (Lipinski definition) is 5. The number of halogens is 1. The number of amides is 3. The van der Waals surface area contributed by atoms with Crippen molar-refractivity contribution >= 4 is 30.3 Å². The first-order valence-electron chi connectivity index (χ1n) is 19.0. The van der Waals surface area contributed by atoms with Crippen molar-refractivity contribution in [2.45, 2.75) is 141 Å². The highest BCUT2D eigenvalue weighted by atomic mass is 35.5. The van der Waals surface area contributed by atoms with Crippen LogP contribution in [0.5, 0.6) is 0 Å². The van der Waals surface area contributed by atoms with E-state index in [4.69, 9.17) is 4.74 Å². The molecule has 10 aliphatic rings. The molecule has 6 atom stereocenters. The van der Waals surface area contributed by atoms with Crippen molar-refractivity contribution in [2.24, 2.45) is 46.3 Å². The van der Waals surface area contributed by atoms with Crippen LogP contribution >= 0.6 is 12.4 Å². The first-order valence-corrected chi connectivity index (χ1v) is 19.0. The van der Waals surface area contributed by atoms with Crippen molar-refractivity contribution in [1.82, 2.24) is 20.9 Å². The molecule has 8 saturated carbocycles. The van der Waals surface area contributed by atoms with Gasteiger partial charge in [-0.25, -0.2) is 4.79 Å². The van der Waals surface area contributed by atoms with Gasteiger partial charge < -0.3 is 35.8 Å². The number of carbonyl (C=O) groups is 3. The molecule has 0 aromatic rings. The van der Waals surface area contributed by atoms with Crippen molar-refractivity contribution in [3.05, 3.63) is 0 Å². The molecule has 0 aromatic heterocycles. The molecule has 5 N–H and O–H groups in total. The summed E-state index contributed by atoms with van der Waals surface area (Å²) >= 11 is 0. The molecule has 0 radical (unpaired) electrons. The number of nitrogens with zero attached hydrogens (tertiary/aromatic N) is 1. The number of likely N-dealkylation sites (tertiary alicyclic amines) is 1. The van der Waals surface area contributed by atoms with Gasteiger partial charge in [-0.3, -0.25) is 9.59 Å². The van der Waals surface area contributed by atoms with E-state index in [0.29, 0.717) is 54.6 Å². The van der Waals surface area contributed by atoms with E-state index < -0.39 is 5.60 Å². The predicted octanol–water partition coefficient (Wildman–Crippen LogP) is 4.15. The molecule has 8 bridgehead atoms. The molecule has 3 amide bonds. The van der Waals surface area contributed by atoms with E-state index in [2.05, 4.69) is 16.0 Å². The van der Waals surface area contributed by atoms with E-state index >= 15 is 0 Å². The third-order valence-corrected chi connectivity index (χ3v) is 13.5. The Hall–Kier alpha value is -1.62. The van der Waals surface area contributed by atoms with Crippen molar-refractivity contribution in [2.75, 3.05) is 26.2 Å². The van der Waals surface area contributed by atoms with Gasteiger partial charge in [-0.2, -0.15) is 0 Å². The fraction of sp³-hybridized carbons (Fsp3) is 0.919. The van der Waals surface area contributed by atoms with Gasteiger partial charge in [0.1, 0.15) is 5.60 Å². The van der Waals surface area contributed by atoms with E-state index in [0.717, 1.165) is 103 Å². The molecule has 2 aliphatic heterocycles. The number of piperidine rings is 2. The van der Waals surface area contributed by atoms with Gasteiger partial charge in [-0.15, -0.1) is 12.4 Å². The van der Waals surface area contributed by atoms with Crippen LogP contribution in [0.1, 0.15) is 111 Å². The number of ether oxygens (including phenoxy) is 1. The van der Waals surface area contributed by atoms with Gasteiger partial charge in [0.2, 0.25) is 11.8 Å². The van der Waals surface area contributed by atoms with Crippen LogP contribution in [0.4, 0.5) is 4.79 Å². The Kier molecular flexibility index (Phi) is 10.4. The summed E-state index contributed by atoms with van der Waals surface area (Å²) in [7, 11) is 0. The first-order chi connectivity index (χ1) is 22.3. The molecule has 0 spiro atoms. The minimum atomic E-state index is -0.507. The van der Waals surface area contributed by atoms with Crippen molar-refractivity contribution < 1.29 is 29.3 Å². The summed E-state index contributed by atoms with van der Waals surface area (Å²) in [5.74, 6) is 3.10. The maximum Gasteiger partial charge on any atom is 0.410 e. The maximum atomic E-state index is 13.2. The van der Waals surface area contributed by atoms with Crippen LogP contribution in [0.3, 0.4) is 0 Å². The predicted molar refractivity (Wildman–Crippen MR) is 184 cm³/mol. The normalized spacial score (nSPS) is 43.8. The Labute approximate surface area is 293 Å². The number of nitrogens with one attached hydrogen (secondary N) is 3. The fourth-order valence-corrected chi connectivity index (χ4v) is 11.8. The third-order valence-electron chi connectivity index (χ3n) is 13.5. The largest absolute Gasteiger partial charge is 0.444 e. The fourth-order valence-electron chi connectivity index (χ4n) is 11.8. The Balaban J connectivity index is 0.000000170. The number of carbonyl (C=O) groups excluding carboxylic acids is 3. The molecule has 272 valence electrons. The second-order valence-corrected chi connectivity index (χ2v) is 18.2. The molecule has 0 aromatic carbocycles. The van der Waals surface area contributed by atoms with Gasteiger partial charge in [0.05, 0.1) is 23.0 Å². The number of rotatable bonds is 4. The molecule has 4 unspecified atom stereocenters. The number of aliphatic hydroxyl groups excluding tert-OH is 2. The van der Waals surface area contributed by atoms with Crippen LogP contribution in [0, 0.1) is 46.3 Å². The van der Waals surface area contributed by atoms with Crippen LogP contribution in [0.15, 0.2) is 0 Å². The second-order valence-electron chi connectivity index (χ2n) is 18.2. The number of hydrogen-bond acceptors (Lipinski definition) is 7. The van der Waals surface area contributed by atoms with E-state index in [9.17, 15) is 24.6 Å². The lowest BCUT2D eigenvalue weighted by Crippen LogP contribution is -2.60. The minimum absolute atomic E-state index is 0. The lowest BCUT2D eigenvalue weighted by Gasteiger charge is -2.58. The van der Waals surface area contributed by atoms with Crippen LogP contribution in [0.25, 0.3) is 0 Å². The quantitative estimate of drug-likeness (QED) is 0.298. The lowest BCUT2D eigenvalue weighted by atomic mass is 9.48. The topological polar surface area (TPSA) is 140 Å². The zero-order valence-corrected chi connectivity index (χ0v) is 30.2. The van der Waals surface area contributed by atoms with Crippen LogP contribution in [-0.2, 0) is 14.3 Å². The van der Waals surface area contributed by atoms with Gasteiger partial charge in [-0.1, -0.05) is 0 Å². The van der Waals surface area contributed by atoms with E-state index in [1.165, 1.54) is 0 Å². The zero-order chi connectivity index (χ0) is 33.1. The van der Waals surface area contributed by atoms with E-state index in [1.54, 1.807) is 4.90 Å². The summed E-state index contributed by atoms with van der Waals surface area (Å²) in [4.78, 5) is 40.2. The molecule has 10 rings (SSSR count). The molecule has 48 heavy (non-hydrogen) atoms. The second kappa shape index (κ2) is 13.8. The molecule has 10 nitrogen and oxygen atoms in total. The van der Waals surface area contributed by atoms with Gasteiger partial charge >= 0.3 is 6.09 Å². The Morgan fingerprint density at radius 2 is 1.23 bits per heavy atom. The average Bonchev–Trinajstić information content (AvgIpc) is 3.01. The van der Waals surface area contributed by atoms with Crippen LogP contribution in [0.2, 0.25) is 0 Å². The molecule has 10 fully saturated rings.